The Morgan fingerprint density at radius 2 is 2.12 bits per heavy atom. The Hall–Kier alpha value is -1.61. The van der Waals surface area contributed by atoms with Crippen LogP contribution in [0.25, 0.3) is 0 Å². The van der Waals surface area contributed by atoms with Crippen molar-refractivity contribution in [2.45, 2.75) is 69.8 Å². The molecule has 0 aromatic heterocycles. The maximum Gasteiger partial charge on any atom is 0.236 e. The summed E-state index contributed by atoms with van der Waals surface area (Å²) in [4.78, 5) is 27.2. The fourth-order valence-corrected chi connectivity index (χ4v) is 5.63. The van der Waals surface area contributed by atoms with Gasteiger partial charge >= 0.3 is 0 Å². The minimum atomic E-state index is -0.382. The van der Waals surface area contributed by atoms with Crippen LogP contribution < -0.4 is 10.6 Å². The second-order valence-corrected chi connectivity index (χ2v) is 9.83. The van der Waals surface area contributed by atoms with Crippen molar-refractivity contribution in [2.75, 3.05) is 20.2 Å². The van der Waals surface area contributed by atoms with Crippen LogP contribution in [0.15, 0.2) is 35.9 Å². The van der Waals surface area contributed by atoms with Crippen molar-refractivity contribution in [1.82, 2.24) is 15.5 Å². The van der Waals surface area contributed by atoms with Crippen molar-refractivity contribution >= 4 is 23.6 Å². The van der Waals surface area contributed by atoms with Crippen molar-refractivity contribution in [3.05, 3.63) is 35.9 Å². The standard InChI is InChI=1S/C24H37N3O4S/c1-6-9-18-21-20(16(4)31-18)23(28)27(24(21)29)11-7-8-12-30-19(22-26-10-13-32-22)14-17(25-5)15(2)3/h6,9-10,13,16-22,25-26H,2,7-8,11-12,14H2,1,3-5H3/b9-6-/t16?,17-,18?,19-,20?,21?,22?/m1/s1. The maximum atomic E-state index is 12.9. The van der Waals surface area contributed by atoms with Gasteiger partial charge in [-0.3, -0.25) is 14.5 Å². The first-order valence-electron chi connectivity index (χ1n) is 11.5. The highest BCUT2D eigenvalue weighted by Crippen LogP contribution is 2.41. The number of nitrogens with one attached hydrogen (secondary N) is 2. The minimum Gasteiger partial charge on any atom is -0.376 e. The molecular formula is C24H37N3O4S. The number of allylic oxidation sites excluding steroid dienone is 1. The molecule has 0 bridgehead atoms. The lowest BCUT2D eigenvalue weighted by atomic mass is 9.90. The third kappa shape index (κ3) is 5.47. The Bertz CT molecular complexity index is 748. The van der Waals surface area contributed by atoms with Crippen LogP contribution in [0, 0.1) is 11.8 Å². The number of carbonyl (C=O) groups is 2. The normalized spacial score (nSPS) is 31.4. The van der Waals surface area contributed by atoms with Crippen LogP contribution in [0.2, 0.25) is 0 Å². The van der Waals surface area contributed by atoms with Crippen LogP contribution in [0.3, 0.4) is 0 Å². The molecule has 178 valence electrons. The first kappa shape index (κ1) is 25.0. The van der Waals surface area contributed by atoms with E-state index in [9.17, 15) is 9.59 Å². The van der Waals surface area contributed by atoms with Gasteiger partial charge in [0, 0.05) is 25.4 Å². The summed E-state index contributed by atoms with van der Waals surface area (Å²) in [7, 11) is 1.94. The lowest BCUT2D eigenvalue weighted by Gasteiger charge is -2.28. The first-order valence-corrected chi connectivity index (χ1v) is 12.5. The third-order valence-electron chi connectivity index (χ3n) is 6.51. The van der Waals surface area contributed by atoms with E-state index in [2.05, 4.69) is 17.2 Å². The Labute approximate surface area is 196 Å². The number of fused-ring (bicyclic) bond motifs is 1. The molecular weight excluding hydrogens is 426 g/mol. The Morgan fingerprint density at radius 3 is 2.75 bits per heavy atom. The van der Waals surface area contributed by atoms with Gasteiger partial charge in [-0.1, -0.05) is 24.3 Å². The number of carbonyl (C=O) groups excluding carboxylic acids is 2. The molecule has 3 aliphatic heterocycles. The molecule has 3 heterocycles. The number of amides is 2. The fraction of sp³-hybridized carbons (Fsp3) is 0.667. The molecule has 0 aromatic carbocycles. The molecule has 5 unspecified atom stereocenters. The molecule has 0 aromatic rings. The number of hydrogen-bond acceptors (Lipinski definition) is 7. The maximum absolute atomic E-state index is 12.9. The summed E-state index contributed by atoms with van der Waals surface area (Å²) in [5.41, 5.74) is 1.09. The van der Waals surface area contributed by atoms with E-state index in [1.165, 1.54) is 4.90 Å². The number of nitrogens with zero attached hydrogens (tertiary/aromatic N) is 1. The summed E-state index contributed by atoms with van der Waals surface area (Å²) in [5, 5.41) is 8.88. The smallest absolute Gasteiger partial charge is 0.236 e. The van der Waals surface area contributed by atoms with Gasteiger partial charge in [0.1, 0.15) is 5.37 Å². The number of unbranched alkanes of at least 4 members (excludes halogenated alkanes) is 1. The van der Waals surface area contributed by atoms with Gasteiger partial charge in [-0.25, -0.2) is 0 Å². The average Bonchev–Trinajstić information content (AvgIpc) is 3.45. The molecule has 7 atom stereocenters. The molecule has 0 spiro atoms. The summed E-state index contributed by atoms with van der Waals surface area (Å²) < 4.78 is 12.1. The zero-order chi connectivity index (χ0) is 23.3. The predicted octanol–water partition coefficient (Wildman–Crippen LogP) is 2.80. The summed E-state index contributed by atoms with van der Waals surface area (Å²) in [6, 6.07) is 0.191. The van der Waals surface area contributed by atoms with Gasteiger partial charge in [0.25, 0.3) is 0 Å². The highest BCUT2D eigenvalue weighted by molar-refractivity contribution is 8.02. The number of imide groups is 1. The zero-order valence-electron chi connectivity index (χ0n) is 19.6. The van der Waals surface area contributed by atoms with E-state index >= 15 is 0 Å². The van der Waals surface area contributed by atoms with E-state index in [1.54, 1.807) is 11.8 Å². The topological polar surface area (TPSA) is 79.9 Å². The Balaban J connectivity index is 1.48. The largest absolute Gasteiger partial charge is 0.376 e. The monoisotopic (exact) mass is 463 g/mol. The van der Waals surface area contributed by atoms with Crippen molar-refractivity contribution in [3.8, 4) is 0 Å². The molecule has 3 rings (SSSR count). The third-order valence-corrected chi connectivity index (χ3v) is 7.54. The summed E-state index contributed by atoms with van der Waals surface area (Å²) >= 11 is 1.72. The van der Waals surface area contributed by atoms with Crippen LogP contribution in [0.5, 0.6) is 0 Å². The molecule has 7 nitrogen and oxygen atoms in total. The van der Waals surface area contributed by atoms with Gasteiger partial charge in [-0.15, -0.1) is 11.8 Å². The summed E-state index contributed by atoms with van der Waals surface area (Å²) in [6.07, 6.45) is 7.56. The number of ether oxygens (including phenoxy) is 2. The molecule has 0 radical (unpaired) electrons. The molecule has 2 N–H and O–H groups in total. The van der Waals surface area contributed by atoms with E-state index < -0.39 is 0 Å². The molecule has 3 aliphatic rings. The number of likely N-dealkylation sites (tertiary alicyclic amines) is 1. The van der Waals surface area contributed by atoms with Crippen LogP contribution in [-0.4, -0.2) is 66.6 Å². The summed E-state index contributed by atoms with van der Waals surface area (Å²) in [5.74, 6) is -0.924. The van der Waals surface area contributed by atoms with Gasteiger partial charge in [0.05, 0.1) is 30.1 Å². The summed E-state index contributed by atoms with van der Waals surface area (Å²) in [6.45, 7) is 10.9. The van der Waals surface area contributed by atoms with Gasteiger partial charge in [-0.05, 0) is 52.5 Å². The Kier molecular flexibility index (Phi) is 8.99. The molecule has 8 heteroatoms. The number of rotatable bonds is 12. The quantitative estimate of drug-likeness (QED) is 0.262. The van der Waals surface area contributed by atoms with E-state index in [0.29, 0.717) is 13.2 Å². The number of hydrogen-bond donors (Lipinski definition) is 2. The molecule has 2 saturated heterocycles. The lowest BCUT2D eigenvalue weighted by molar-refractivity contribution is -0.143. The lowest BCUT2D eigenvalue weighted by Crippen LogP contribution is -2.40. The van der Waals surface area contributed by atoms with Gasteiger partial charge in [-0.2, -0.15) is 0 Å². The molecule has 2 amide bonds. The van der Waals surface area contributed by atoms with Crippen molar-refractivity contribution in [3.63, 3.8) is 0 Å². The van der Waals surface area contributed by atoms with Crippen LogP contribution in [-0.2, 0) is 19.1 Å². The van der Waals surface area contributed by atoms with Crippen molar-refractivity contribution < 1.29 is 19.1 Å². The van der Waals surface area contributed by atoms with E-state index in [-0.39, 0.29) is 53.4 Å². The van der Waals surface area contributed by atoms with Crippen molar-refractivity contribution in [2.24, 2.45) is 11.8 Å². The zero-order valence-corrected chi connectivity index (χ0v) is 20.4. The van der Waals surface area contributed by atoms with E-state index in [0.717, 1.165) is 24.8 Å². The fourth-order valence-electron chi connectivity index (χ4n) is 4.78. The van der Waals surface area contributed by atoms with Gasteiger partial charge in [0.2, 0.25) is 11.8 Å². The van der Waals surface area contributed by atoms with Gasteiger partial charge < -0.3 is 20.1 Å². The molecule has 0 aliphatic carbocycles. The SMILES string of the molecule is C=C(C)[C@@H](C[C@@H](OCCCCN1C(=O)C2C(C)OC(/C=C\C)C2C1=O)C1NC=CS1)NC. The molecule has 32 heavy (non-hydrogen) atoms. The highest BCUT2D eigenvalue weighted by atomic mass is 32.2. The van der Waals surface area contributed by atoms with Crippen molar-refractivity contribution in [1.29, 1.82) is 0 Å². The number of likely N-dealkylation sites (N-methyl/N-ethyl adjacent to an activating group) is 1. The molecule has 2 fully saturated rings. The van der Waals surface area contributed by atoms with Gasteiger partial charge in [0.15, 0.2) is 0 Å². The second-order valence-electron chi connectivity index (χ2n) is 8.78. The van der Waals surface area contributed by atoms with Crippen LogP contribution >= 0.6 is 11.8 Å². The van der Waals surface area contributed by atoms with Crippen LogP contribution in [0.4, 0.5) is 0 Å². The molecule has 0 saturated carbocycles. The van der Waals surface area contributed by atoms with E-state index in [4.69, 9.17) is 9.47 Å². The van der Waals surface area contributed by atoms with Crippen LogP contribution in [0.1, 0.15) is 40.0 Å². The highest BCUT2D eigenvalue weighted by Gasteiger charge is 2.57. The minimum absolute atomic E-state index is 0.0261. The second kappa shape index (κ2) is 11.5. The average molecular weight is 464 g/mol. The Morgan fingerprint density at radius 1 is 1.38 bits per heavy atom. The number of thioether (sulfide) groups is 1. The van der Waals surface area contributed by atoms with E-state index in [1.807, 2.05) is 51.6 Å². The first-order chi connectivity index (χ1) is 15.4. The predicted molar refractivity (Wildman–Crippen MR) is 128 cm³/mol.